The molecule has 86 valence electrons. The first-order valence-corrected chi connectivity index (χ1v) is 7.15. The monoisotopic (exact) mass is 293 g/mol. The van der Waals surface area contributed by atoms with Gasteiger partial charge in [-0.1, -0.05) is 0 Å². The zero-order valence-corrected chi connectivity index (χ0v) is 10.8. The zero-order valence-electron chi connectivity index (χ0n) is 9.09. The van der Waals surface area contributed by atoms with Crippen LogP contribution in [-0.2, 0) is 6.42 Å². The van der Waals surface area contributed by atoms with Crippen molar-refractivity contribution in [3.8, 4) is 0 Å². The molecule has 1 aromatic carbocycles. The number of hydrogen-bond donors (Lipinski definition) is 1. The van der Waals surface area contributed by atoms with Gasteiger partial charge in [-0.3, -0.25) is 0 Å². The van der Waals surface area contributed by atoms with Gasteiger partial charge in [0.2, 0.25) is 0 Å². The van der Waals surface area contributed by atoms with Crippen LogP contribution in [0.5, 0.6) is 0 Å². The van der Waals surface area contributed by atoms with Crippen LogP contribution in [0.3, 0.4) is 0 Å². The summed E-state index contributed by atoms with van der Waals surface area (Å²) in [6.45, 7) is 0.966. The second kappa shape index (κ2) is 4.06. The van der Waals surface area contributed by atoms with Crippen LogP contribution in [0.15, 0.2) is 36.4 Å². The summed E-state index contributed by atoms with van der Waals surface area (Å²) in [5, 5.41) is 8.96. The number of fused-ring (bicyclic) bond motifs is 1. The van der Waals surface area contributed by atoms with Crippen molar-refractivity contribution in [1.29, 1.82) is 0 Å². The molecule has 0 unspecified atom stereocenters. The average Bonchev–Trinajstić information content (AvgIpc) is 2.95. The summed E-state index contributed by atoms with van der Waals surface area (Å²) in [4.78, 5) is 13.2. The quantitative estimate of drug-likeness (QED) is 0.862. The Morgan fingerprint density at radius 2 is 2.06 bits per heavy atom. The molecule has 0 bridgehead atoms. The van der Waals surface area contributed by atoms with Crippen LogP contribution in [-0.4, -0.2) is 32.1 Å². The first-order chi connectivity index (χ1) is 8.25. The Morgan fingerprint density at radius 3 is 2.82 bits per heavy atom. The van der Waals surface area contributed by atoms with E-state index >= 15 is 0 Å². The number of anilines is 2. The van der Waals surface area contributed by atoms with E-state index in [0.717, 1.165) is 17.5 Å². The third-order valence-corrected chi connectivity index (χ3v) is 5.26. The molecule has 17 heavy (non-hydrogen) atoms. The molecule has 0 amide bonds. The molecule has 3 rings (SSSR count). The first kappa shape index (κ1) is 10.6. The zero-order chi connectivity index (χ0) is 11.8. The van der Waals surface area contributed by atoms with Gasteiger partial charge in [0.1, 0.15) is 0 Å². The van der Waals surface area contributed by atoms with Gasteiger partial charge in [0.25, 0.3) is 0 Å². The van der Waals surface area contributed by atoms with E-state index in [0.29, 0.717) is 4.44 Å². The van der Waals surface area contributed by atoms with Crippen LogP contribution >= 0.6 is 0 Å². The third kappa shape index (κ3) is 1.79. The van der Waals surface area contributed by atoms with E-state index in [1.54, 1.807) is 6.07 Å². The SMILES string of the molecule is O=C(O)c1ccc(N2CCc3ccccc32)[se]1. The van der Waals surface area contributed by atoms with Crippen LogP contribution in [0.1, 0.15) is 14.8 Å². The molecule has 0 aliphatic carbocycles. The van der Waals surface area contributed by atoms with Gasteiger partial charge in [-0.2, -0.15) is 0 Å². The number of para-hydroxylation sites is 1. The number of carbonyl (C=O) groups is 1. The summed E-state index contributed by atoms with van der Waals surface area (Å²) in [5.41, 5.74) is 2.59. The molecule has 0 spiro atoms. The van der Waals surface area contributed by atoms with E-state index in [1.807, 2.05) is 12.1 Å². The predicted molar refractivity (Wildman–Crippen MR) is 67.5 cm³/mol. The second-order valence-corrected chi connectivity index (χ2v) is 6.20. The van der Waals surface area contributed by atoms with Crippen molar-refractivity contribution in [1.82, 2.24) is 0 Å². The molecule has 0 saturated heterocycles. The third-order valence-electron chi connectivity index (χ3n) is 2.96. The van der Waals surface area contributed by atoms with Gasteiger partial charge >= 0.3 is 105 Å². The maximum absolute atomic E-state index is 10.9. The normalized spacial score (nSPS) is 13.8. The van der Waals surface area contributed by atoms with E-state index in [-0.39, 0.29) is 14.5 Å². The number of carboxylic acid groups (broad SMARTS) is 1. The fourth-order valence-corrected chi connectivity index (χ4v) is 4.01. The van der Waals surface area contributed by atoms with Crippen LogP contribution in [0.25, 0.3) is 0 Å². The van der Waals surface area contributed by atoms with Gasteiger partial charge in [0.05, 0.1) is 0 Å². The van der Waals surface area contributed by atoms with E-state index < -0.39 is 5.97 Å². The molecule has 0 radical (unpaired) electrons. The predicted octanol–water partition coefficient (Wildman–Crippen LogP) is 2.14. The Kier molecular flexibility index (Phi) is 2.54. The Morgan fingerprint density at radius 1 is 1.24 bits per heavy atom. The summed E-state index contributed by atoms with van der Waals surface area (Å²) in [5.74, 6) is -0.788. The maximum atomic E-state index is 10.9. The van der Waals surface area contributed by atoms with Crippen molar-refractivity contribution in [2.75, 3.05) is 11.4 Å². The number of benzene rings is 1. The van der Waals surface area contributed by atoms with Crippen molar-refractivity contribution in [3.05, 3.63) is 46.4 Å². The Labute approximate surface area is 105 Å². The van der Waals surface area contributed by atoms with Crippen molar-refractivity contribution in [2.24, 2.45) is 0 Å². The Balaban J connectivity index is 1.98. The second-order valence-electron chi connectivity index (χ2n) is 3.97. The van der Waals surface area contributed by atoms with Crippen molar-refractivity contribution in [3.63, 3.8) is 0 Å². The standard InChI is InChI=1S/C13H11NO2Se/c15-13(16)11-5-6-12(17-11)14-8-7-9-3-1-2-4-10(9)14/h1-6H,7-8H2,(H,15,16). The molecule has 2 aromatic rings. The number of hydrogen-bond acceptors (Lipinski definition) is 2. The summed E-state index contributed by atoms with van der Waals surface area (Å²) in [7, 11) is 0. The van der Waals surface area contributed by atoms with Crippen molar-refractivity contribution >= 4 is 30.7 Å². The minimum atomic E-state index is -0.788. The van der Waals surface area contributed by atoms with Crippen LogP contribution in [0.2, 0.25) is 0 Å². The van der Waals surface area contributed by atoms with Gasteiger partial charge in [-0.15, -0.1) is 0 Å². The molecule has 0 fully saturated rings. The molecule has 0 atom stereocenters. The molecular weight excluding hydrogens is 281 g/mol. The van der Waals surface area contributed by atoms with Gasteiger partial charge in [0, 0.05) is 0 Å². The van der Waals surface area contributed by atoms with Gasteiger partial charge < -0.3 is 0 Å². The molecule has 1 aliphatic heterocycles. The molecule has 1 aliphatic rings. The topological polar surface area (TPSA) is 40.5 Å². The molecule has 4 heteroatoms. The van der Waals surface area contributed by atoms with E-state index in [4.69, 9.17) is 5.11 Å². The van der Waals surface area contributed by atoms with E-state index in [1.165, 1.54) is 11.3 Å². The Bertz CT molecular complexity index is 576. The van der Waals surface area contributed by atoms with Gasteiger partial charge in [-0.05, 0) is 0 Å². The van der Waals surface area contributed by atoms with E-state index in [9.17, 15) is 4.79 Å². The minimum absolute atomic E-state index is 0.0662. The van der Waals surface area contributed by atoms with Crippen LogP contribution in [0, 0.1) is 0 Å². The first-order valence-electron chi connectivity index (χ1n) is 5.44. The fourth-order valence-electron chi connectivity index (χ4n) is 2.15. The summed E-state index contributed by atoms with van der Waals surface area (Å²) >= 11 is -0.0662. The molecule has 1 N–H and O–H groups in total. The summed E-state index contributed by atoms with van der Waals surface area (Å²) in [6, 6.07) is 12.0. The fraction of sp³-hybridized carbons (Fsp3) is 0.154. The van der Waals surface area contributed by atoms with Crippen LogP contribution < -0.4 is 4.90 Å². The molecule has 1 aromatic heterocycles. The van der Waals surface area contributed by atoms with Gasteiger partial charge in [-0.25, -0.2) is 0 Å². The number of aromatic carboxylic acids is 1. The van der Waals surface area contributed by atoms with Crippen LogP contribution in [0.4, 0.5) is 10.2 Å². The van der Waals surface area contributed by atoms with Crippen molar-refractivity contribution < 1.29 is 9.90 Å². The molecular formula is C13H11NO2Se. The summed E-state index contributed by atoms with van der Waals surface area (Å²) in [6.07, 6.45) is 1.05. The average molecular weight is 292 g/mol. The van der Waals surface area contributed by atoms with Crippen molar-refractivity contribution in [2.45, 2.75) is 6.42 Å². The summed E-state index contributed by atoms with van der Waals surface area (Å²) < 4.78 is 1.69. The van der Waals surface area contributed by atoms with Gasteiger partial charge in [0.15, 0.2) is 0 Å². The molecule has 3 nitrogen and oxygen atoms in total. The number of nitrogens with zero attached hydrogens (tertiary/aromatic N) is 1. The van der Waals surface area contributed by atoms with E-state index in [2.05, 4.69) is 23.1 Å². The molecule has 0 saturated carbocycles. The Hall–Kier alpha value is -1.51. The number of carboxylic acids is 1. The molecule has 2 heterocycles. The number of rotatable bonds is 2.